The van der Waals surface area contributed by atoms with Gasteiger partial charge in [0.1, 0.15) is 5.82 Å². The molecule has 84 valence electrons. The molecule has 1 N–H and O–H groups in total. The van der Waals surface area contributed by atoms with Gasteiger partial charge in [0, 0.05) is 37.8 Å². The molecule has 3 heterocycles. The first-order chi connectivity index (χ1) is 7.86. The molecule has 0 bridgehead atoms. The third kappa shape index (κ3) is 1.73. The summed E-state index contributed by atoms with van der Waals surface area (Å²) in [4.78, 5) is 6.92. The van der Waals surface area contributed by atoms with Crippen molar-refractivity contribution in [1.82, 2.24) is 10.3 Å². The van der Waals surface area contributed by atoms with Gasteiger partial charge in [-0.2, -0.15) is 0 Å². The predicted octanol–water partition coefficient (Wildman–Crippen LogP) is 2.47. The Morgan fingerprint density at radius 2 is 2.19 bits per heavy atom. The largest absolute Gasteiger partial charge is 0.354 e. The van der Waals surface area contributed by atoms with Gasteiger partial charge in [-0.05, 0) is 27.4 Å². The van der Waals surface area contributed by atoms with Crippen LogP contribution in [0.3, 0.4) is 0 Å². The Morgan fingerprint density at radius 1 is 1.38 bits per heavy atom. The van der Waals surface area contributed by atoms with Crippen molar-refractivity contribution in [2.45, 2.75) is 0 Å². The van der Waals surface area contributed by atoms with E-state index in [0.29, 0.717) is 0 Å². The van der Waals surface area contributed by atoms with Gasteiger partial charge >= 0.3 is 0 Å². The molecule has 0 saturated carbocycles. The Balaban J connectivity index is 2.08. The minimum atomic E-state index is 1.04. The van der Waals surface area contributed by atoms with Gasteiger partial charge in [0.15, 0.2) is 0 Å². The van der Waals surface area contributed by atoms with Crippen LogP contribution in [0.4, 0.5) is 5.82 Å². The van der Waals surface area contributed by atoms with Gasteiger partial charge in [0.25, 0.3) is 0 Å². The lowest BCUT2D eigenvalue weighted by Crippen LogP contribution is -2.43. The molecule has 1 fully saturated rings. The summed E-state index contributed by atoms with van der Waals surface area (Å²) in [7, 11) is 0. The van der Waals surface area contributed by atoms with Crippen LogP contribution in [0.15, 0.2) is 22.1 Å². The highest BCUT2D eigenvalue weighted by molar-refractivity contribution is 9.10. The van der Waals surface area contributed by atoms with Crippen molar-refractivity contribution in [3.05, 3.63) is 22.1 Å². The smallest absolute Gasteiger partial charge is 0.137 e. The molecule has 1 saturated heterocycles. The standard InChI is InChI=1S/C11H12BrN3S/c12-9-7-14-11(8-1-6-16-10(8)9)15-4-2-13-3-5-15/h1,6-7,13H,2-5H2. The average molecular weight is 298 g/mol. The molecule has 3 nitrogen and oxygen atoms in total. The van der Waals surface area contributed by atoms with Gasteiger partial charge in [-0.1, -0.05) is 0 Å². The number of nitrogens with zero attached hydrogens (tertiary/aromatic N) is 2. The minimum Gasteiger partial charge on any atom is -0.354 e. The van der Waals surface area contributed by atoms with E-state index in [9.17, 15) is 0 Å². The summed E-state index contributed by atoms with van der Waals surface area (Å²) in [5.74, 6) is 1.13. The number of hydrogen-bond donors (Lipinski definition) is 1. The number of halogens is 1. The van der Waals surface area contributed by atoms with Crippen LogP contribution in [0.5, 0.6) is 0 Å². The van der Waals surface area contributed by atoms with Gasteiger partial charge < -0.3 is 10.2 Å². The minimum absolute atomic E-state index is 1.04. The van der Waals surface area contributed by atoms with Gasteiger partial charge in [-0.3, -0.25) is 0 Å². The van der Waals surface area contributed by atoms with Crippen molar-refractivity contribution in [2.24, 2.45) is 0 Å². The fraction of sp³-hybridized carbons (Fsp3) is 0.364. The Bertz CT molecular complexity index is 505. The van der Waals surface area contributed by atoms with Gasteiger partial charge in [0.2, 0.25) is 0 Å². The maximum Gasteiger partial charge on any atom is 0.137 e. The lowest BCUT2D eigenvalue weighted by Gasteiger charge is -2.28. The van der Waals surface area contributed by atoms with Crippen LogP contribution < -0.4 is 10.2 Å². The zero-order valence-corrected chi connectivity index (χ0v) is 11.1. The summed E-state index contributed by atoms with van der Waals surface area (Å²) in [5.41, 5.74) is 0. The number of piperazine rings is 1. The number of rotatable bonds is 1. The second kappa shape index (κ2) is 4.31. The van der Waals surface area contributed by atoms with E-state index in [1.165, 1.54) is 10.1 Å². The number of nitrogens with one attached hydrogen (secondary N) is 1. The van der Waals surface area contributed by atoms with Crippen molar-refractivity contribution < 1.29 is 0 Å². The Labute approximate surface area is 107 Å². The summed E-state index contributed by atoms with van der Waals surface area (Å²) >= 11 is 5.31. The SMILES string of the molecule is Brc1cnc(N2CCNCC2)c2ccsc12. The topological polar surface area (TPSA) is 28.2 Å². The van der Waals surface area contributed by atoms with E-state index in [1.54, 1.807) is 11.3 Å². The van der Waals surface area contributed by atoms with Crippen LogP contribution in [0.2, 0.25) is 0 Å². The summed E-state index contributed by atoms with van der Waals surface area (Å²) in [6.45, 7) is 4.17. The fourth-order valence-corrected chi connectivity index (χ4v) is 3.43. The summed E-state index contributed by atoms with van der Waals surface area (Å²) in [6.07, 6.45) is 1.91. The lowest BCUT2D eigenvalue weighted by molar-refractivity contribution is 0.586. The zero-order valence-electron chi connectivity index (χ0n) is 8.74. The Kier molecular flexibility index (Phi) is 2.83. The summed E-state index contributed by atoms with van der Waals surface area (Å²) in [6, 6.07) is 2.16. The molecule has 2 aromatic rings. The second-order valence-corrected chi connectivity index (χ2v) is 5.60. The fourth-order valence-electron chi connectivity index (χ4n) is 2.04. The maximum absolute atomic E-state index is 4.56. The van der Waals surface area contributed by atoms with Gasteiger partial charge in [-0.15, -0.1) is 11.3 Å². The summed E-state index contributed by atoms with van der Waals surface area (Å²) in [5, 5.41) is 6.75. The molecule has 0 aliphatic carbocycles. The van der Waals surface area contributed by atoms with Crippen molar-refractivity contribution in [1.29, 1.82) is 0 Å². The summed E-state index contributed by atoms with van der Waals surface area (Å²) < 4.78 is 2.39. The molecule has 16 heavy (non-hydrogen) atoms. The molecule has 5 heteroatoms. The average Bonchev–Trinajstić information content (AvgIpc) is 2.81. The van der Waals surface area contributed by atoms with Crippen LogP contribution in [0, 0.1) is 0 Å². The molecule has 1 aliphatic heterocycles. The predicted molar refractivity (Wildman–Crippen MR) is 72.4 cm³/mol. The van der Waals surface area contributed by atoms with E-state index in [1.807, 2.05) is 6.20 Å². The molecule has 1 aliphatic rings. The molecule has 0 aromatic carbocycles. The second-order valence-electron chi connectivity index (χ2n) is 3.83. The maximum atomic E-state index is 4.56. The number of aromatic nitrogens is 1. The highest BCUT2D eigenvalue weighted by atomic mass is 79.9. The Hall–Kier alpha value is -0.650. The molecule has 3 rings (SSSR count). The van der Waals surface area contributed by atoms with E-state index in [0.717, 1.165) is 36.5 Å². The molecule has 0 unspecified atom stereocenters. The first-order valence-corrected chi connectivity index (χ1v) is 7.01. The highest BCUT2D eigenvalue weighted by Gasteiger charge is 2.15. The van der Waals surface area contributed by atoms with Crippen molar-refractivity contribution >= 4 is 43.2 Å². The molecule has 0 spiro atoms. The van der Waals surface area contributed by atoms with Crippen LogP contribution in [-0.4, -0.2) is 31.2 Å². The van der Waals surface area contributed by atoms with E-state index in [2.05, 4.69) is 42.6 Å². The van der Waals surface area contributed by atoms with Crippen LogP contribution in [0.25, 0.3) is 10.1 Å². The van der Waals surface area contributed by atoms with E-state index in [4.69, 9.17) is 0 Å². The molecule has 0 amide bonds. The number of anilines is 1. The number of thiophene rings is 1. The van der Waals surface area contributed by atoms with Gasteiger partial charge in [0.05, 0.1) is 9.17 Å². The van der Waals surface area contributed by atoms with E-state index >= 15 is 0 Å². The molecular formula is C11H12BrN3S. The first-order valence-electron chi connectivity index (χ1n) is 5.33. The molecule has 0 atom stereocenters. The number of pyridine rings is 1. The van der Waals surface area contributed by atoms with Crippen LogP contribution in [0.1, 0.15) is 0 Å². The van der Waals surface area contributed by atoms with Crippen molar-refractivity contribution in [3.8, 4) is 0 Å². The normalized spacial score (nSPS) is 16.9. The quantitative estimate of drug-likeness (QED) is 0.876. The van der Waals surface area contributed by atoms with Crippen LogP contribution in [-0.2, 0) is 0 Å². The van der Waals surface area contributed by atoms with E-state index in [-0.39, 0.29) is 0 Å². The third-order valence-electron chi connectivity index (χ3n) is 2.84. The number of hydrogen-bond acceptors (Lipinski definition) is 4. The lowest BCUT2D eigenvalue weighted by atomic mass is 10.2. The van der Waals surface area contributed by atoms with Crippen molar-refractivity contribution in [3.63, 3.8) is 0 Å². The van der Waals surface area contributed by atoms with Gasteiger partial charge in [-0.25, -0.2) is 4.98 Å². The zero-order chi connectivity index (χ0) is 11.0. The van der Waals surface area contributed by atoms with Crippen LogP contribution >= 0.6 is 27.3 Å². The third-order valence-corrected chi connectivity index (χ3v) is 4.65. The number of fused-ring (bicyclic) bond motifs is 1. The van der Waals surface area contributed by atoms with E-state index < -0.39 is 0 Å². The molecular weight excluding hydrogens is 286 g/mol. The Morgan fingerprint density at radius 3 is 3.00 bits per heavy atom. The molecule has 2 aromatic heterocycles. The monoisotopic (exact) mass is 297 g/mol. The highest BCUT2D eigenvalue weighted by Crippen LogP contribution is 2.34. The first kappa shape index (κ1) is 10.5. The molecule has 0 radical (unpaired) electrons. The van der Waals surface area contributed by atoms with Crippen molar-refractivity contribution in [2.75, 3.05) is 31.1 Å².